The molecule has 1 saturated carbocycles. The van der Waals surface area contributed by atoms with E-state index in [0.29, 0.717) is 19.0 Å². The third kappa shape index (κ3) is 2.48. The topological polar surface area (TPSA) is 60.9 Å². The SMILES string of the molecule is CC(C)n1ccc(CC(=O)C2(CN)CCCC2)n1. The highest BCUT2D eigenvalue weighted by atomic mass is 16.1. The summed E-state index contributed by atoms with van der Waals surface area (Å²) in [6, 6.07) is 2.28. The predicted molar refractivity (Wildman–Crippen MR) is 71.3 cm³/mol. The number of carbonyl (C=O) groups is 1. The summed E-state index contributed by atoms with van der Waals surface area (Å²) in [7, 11) is 0. The van der Waals surface area contributed by atoms with Gasteiger partial charge in [-0.1, -0.05) is 12.8 Å². The molecule has 1 aliphatic carbocycles. The summed E-state index contributed by atoms with van der Waals surface area (Å²) in [5, 5.41) is 4.44. The van der Waals surface area contributed by atoms with E-state index in [4.69, 9.17) is 5.73 Å². The lowest BCUT2D eigenvalue weighted by Gasteiger charge is -2.24. The van der Waals surface area contributed by atoms with Gasteiger partial charge in [-0.2, -0.15) is 5.10 Å². The second-order valence-electron chi connectivity index (χ2n) is 5.67. The molecule has 0 aromatic carbocycles. The van der Waals surface area contributed by atoms with Gasteiger partial charge in [0.25, 0.3) is 0 Å². The van der Waals surface area contributed by atoms with Crippen LogP contribution >= 0.6 is 0 Å². The zero-order valence-corrected chi connectivity index (χ0v) is 11.4. The maximum absolute atomic E-state index is 12.4. The van der Waals surface area contributed by atoms with Crippen molar-refractivity contribution in [2.75, 3.05) is 6.54 Å². The Balaban J connectivity index is 2.06. The van der Waals surface area contributed by atoms with Gasteiger partial charge in [-0.05, 0) is 32.8 Å². The number of ketones is 1. The van der Waals surface area contributed by atoms with Crippen LogP contribution in [0.4, 0.5) is 0 Å². The Morgan fingerprint density at radius 1 is 1.50 bits per heavy atom. The van der Waals surface area contributed by atoms with Crippen LogP contribution in [-0.4, -0.2) is 22.1 Å². The van der Waals surface area contributed by atoms with Crippen molar-refractivity contribution in [3.63, 3.8) is 0 Å². The number of hydrogen-bond acceptors (Lipinski definition) is 3. The van der Waals surface area contributed by atoms with Crippen LogP contribution in [0.25, 0.3) is 0 Å². The van der Waals surface area contributed by atoms with Crippen LogP contribution < -0.4 is 5.73 Å². The molecule has 0 unspecified atom stereocenters. The zero-order chi connectivity index (χ0) is 13.2. The highest BCUT2D eigenvalue weighted by molar-refractivity contribution is 5.87. The number of carbonyl (C=O) groups excluding carboxylic acids is 1. The van der Waals surface area contributed by atoms with Crippen LogP contribution in [0.3, 0.4) is 0 Å². The van der Waals surface area contributed by atoms with Crippen LogP contribution in [0.15, 0.2) is 12.3 Å². The second kappa shape index (κ2) is 5.22. The first-order chi connectivity index (χ1) is 8.57. The van der Waals surface area contributed by atoms with E-state index >= 15 is 0 Å². The Morgan fingerprint density at radius 2 is 2.17 bits per heavy atom. The van der Waals surface area contributed by atoms with Gasteiger partial charge in [-0.15, -0.1) is 0 Å². The number of Topliss-reactive ketones (excluding diaryl/α,β-unsaturated/α-hetero) is 1. The average molecular weight is 249 g/mol. The third-order valence-corrected chi connectivity index (χ3v) is 4.08. The first kappa shape index (κ1) is 13.3. The van der Waals surface area contributed by atoms with Gasteiger partial charge >= 0.3 is 0 Å². The first-order valence-electron chi connectivity index (χ1n) is 6.85. The Hall–Kier alpha value is -1.16. The van der Waals surface area contributed by atoms with E-state index in [1.807, 2.05) is 16.9 Å². The molecule has 1 heterocycles. The maximum Gasteiger partial charge on any atom is 0.146 e. The number of aromatic nitrogens is 2. The molecule has 1 aromatic heterocycles. The Bertz CT molecular complexity index is 416. The molecule has 0 amide bonds. The zero-order valence-electron chi connectivity index (χ0n) is 11.4. The molecule has 0 bridgehead atoms. The molecule has 18 heavy (non-hydrogen) atoms. The molecule has 0 spiro atoms. The highest BCUT2D eigenvalue weighted by Gasteiger charge is 2.39. The normalized spacial score (nSPS) is 18.4. The van der Waals surface area contributed by atoms with Crippen LogP contribution in [-0.2, 0) is 11.2 Å². The first-order valence-corrected chi connectivity index (χ1v) is 6.85. The van der Waals surface area contributed by atoms with E-state index in [0.717, 1.165) is 31.4 Å². The van der Waals surface area contributed by atoms with Crippen molar-refractivity contribution < 1.29 is 4.79 Å². The quantitative estimate of drug-likeness (QED) is 0.869. The minimum Gasteiger partial charge on any atom is -0.329 e. The molecule has 4 heteroatoms. The van der Waals surface area contributed by atoms with Gasteiger partial charge in [0.1, 0.15) is 5.78 Å². The molecule has 0 radical (unpaired) electrons. The minimum atomic E-state index is -0.262. The van der Waals surface area contributed by atoms with Crippen molar-refractivity contribution in [3.8, 4) is 0 Å². The van der Waals surface area contributed by atoms with Crippen LogP contribution in [0.5, 0.6) is 0 Å². The van der Waals surface area contributed by atoms with Crippen molar-refractivity contribution in [3.05, 3.63) is 18.0 Å². The molecular weight excluding hydrogens is 226 g/mol. The largest absolute Gasteiger partial charge is 0.329 e. The summed E-state index contributed by atoms with van der Waals surface area (Å²) in [6.45, 7) is 4.64. The number of nitrogens with two attached hydrogens (primary N) is 1. The fourth-order valence-corrected chi connectivity index (χ4v) is 2.76. The Kier molecular flexibility index (Phi) is 3.85. The average Bonchev–Trinajstić information content (AvgIpc) is 2.97. The van der Waals surface area contributed by atoms with E-state index < -0.39 is 0 Å². The molecule has 0 atom stereocenters. The van der Waals surface area contributed by atoms with Crippen LogP contribution in [0.2, 0.25) is 0 Å². The summed E-state index contributed by atoms with van der Waals surface area (Å²) in [5.41, 5.74) is 6.44. The van der Waals surface area contributed by atoms with E-state index in [9.17, 15) is 4.79 Å². The summed E-state index contributed by atoms with van der Waals surface area (Å²) in [4.78, 5) is 12.4. The van der Waals surface area contributed by atoms with Gasteiger partial charge in [0.05, 0.1) is 12.1 Å². The van der Waals surface area contributed by atoms with Crippen LogP contribution in [0.1, 0.15) is 51.3 Å². The lowest BCUT2D eigenvalue weighted by molar-refractivity contribution is -0.127. The molecule has 4 nitrogen and oxygen atoms in total. The minimum absolute atomic E-state index is 0.262. The van der Waals surface area contributed by atoms with Crippen LogP contribution in [0, 0.1) is 5.41 Å². The molecule has 1 aromatic rings. The van der Waals surface area contributed by atoms with Crippen molar-refractivity contribution in [2.24, 2.45) is 11.1 Å². The van der Waals surface area contributed by atoms with Gasteiger partial charge in [0.15, 0.2) is 0 Å². The monoisotopic (exact) mass is 249 g/mol. The molecule has 0 saturated heterocycles. The second-order valence-corrected chi connectivity index (χ2v) is 5.67. The van der Waals surface area contributed by atoms with Crippen molar-refractivity contribution in [1.29, 1.82) is 0 Å². The maximum atomic E-state index is 12.4. The van der Waals surface area contributed by atoms with Gasteiger partial charge in [0, 0.05) is 24.2 Å². The number of rotatable bonds is 5. The van der Waals surface area contributed by atoms with Gasteiger partial charge in [0.2, 0.25) is 0 Å². The number of hydrogen-bond donors (Lipinski definition) is 1. The van der Waals surface area contributed by atoms with E-state index in [2.05, 4.69) is 18.9 Å². The Labute approximate surface area is 109 Å². The summed E-state index contributed by atoms with van der Waals surface area (Å²) in [5.74, 6) is 0.275. The van der Waals surface area contributed by atoms with Crippen molar-refractivity contribution in [1.82, 2.24) is 9.78 Å². The summed E-state index contributed by atoms with van der Waals surface area (Å²) in [6.07, 6.45) is 6.53. The smallest absolute Gasteiger partial charge is 0.146 e. The van der Waals surface area contributed by atoms with Crippen molar-refractivity contribution in [2.45, 2.75) is 52.0 Å². The molecule has 0 aliphatic heterocycles. The third-order valence-electron chi connectivity index (χ3n) is 4.08. The summed E-state index contributed by atoms with van der Waals surface area (Å²) >= 11 is 0. The van der Waals surface area contributed by atoms with Crippen molar-refractivity contribution >= 4 is 5.78 Å². The molecular formula is C14H23N3O. The molecule has 2 N–H and O–H groups in total. The highest BCUT2D eigenvalue weighted by Crippen LogP contribution is 2.38. The molecule has 1 aliphatic rings. The lowest BCUT2D eigenvalue weighted by Crippen LogP contribution is -2.37. The fourth-order valence-electron chi connectivity index (χ4n) is 2.76. The molecule has 100 valence electrons. The number of nitrogens with zero attached hydrogens (tertiary/aromatic N) is 2. The standard InChI is InChI=1S/C14H23N3O/c1-11(2)17-8-5-12(16-17)9-13(18)14(10-15)6-3-4-7-14/h5,8,11H,3-4,6-7,9-10,15H2,1-2H3. The molecule has 1 fully saturated rings. The lowest BCUT2D eigenvalue weighted by atomic mass is 9.80. The fraction of sp³-hybridized carbons (Fsp3) is 0.714. The van der Waals surface area contributed by atoms with E-state index in [1.165, 1.54) is 0 Å². The predicted octanol–water partition coefficient (Wildman–Crippen LogP) is 2.09. The summed E-state index contributed by atoms with van der Waals surface area (Å²) < 4.78 is 1.90. The van der Waals surface area contributed by atoms with Gasteiger partial charge in [-0.25, -0.2) is 0 Å². The van der Waals surface area contributed by atoms with Gasteiger partial charge < -0.3 is 5.73 Å². The van der Waals surface area contributed by atoms with E-state index in [-0.39, 0.29) is 11.2 Å². The molecule has 2 rings (SSSR count). The van der Waals surface area contributed by atoms with E-state index in [1.54, 1.807) is 0 Å². The van der Waals surface area contributed by atoms with Gasteiger partial charge in [-0.3, -0.25) is 9.48 Å². The Morgan fingerprint density at radius 3 is 2.67 bits per heavy atom.